The molecular weight excluding hydrogens is 128 g/mol. The number of rotatable bonds is 2. The van der Waals surface area contributed by atoms with Crippen LogP contribution in [0.3, 0.4) is 0 Å². The van der Waals surface area contributed by atoms with E-state index in [0.717, 1.165) is 25.2 Å². The van der Waals surface area contributed by atoms with Crippen LogP contribution in [0.1, 0.15) is 26.2 Å². The minimum atomic E-state index is 0.164. The van der Waals surface area contributed by atoms with E-state index < -0.39 is 0 Å². The van der Waals surface area contributed by atoms with Gasteiger partial charge in [-0.25, -0.2) is 0 Å². The maximum Gasteiger partial charge on any atom is 0.158 e. The number of hydrogen-bond acceptors (Lipinski definition) is 2. The van der Waals surface area contributed by atoms with E-state index in [4.69, 9.17) is 4.74 Å². The number of hydrogen-bond donors (Lipinski definition) is 0. The monoisotopic (exact) mass is 140 g/mol. The Hall–Kier alpha value is -0.790. The van der Waals surface area contributed by atoms with Gasteiger partial charge in [-0.15, -0.1) is 0 Å². The topological polar surface area (TPSA) is 26.3 Å². The van der Waals surface area contributed by atoms with E-state index in [1.807, 2.05) is 6.92 Å². The Kier molecular flexibility index (Phi) is 2.49. The lowest BCUT2D eigenvalue weighted by molar-refractivity contribution is -0.114. The summed E-state index contributed by atoms with van der Waals surface area (Å²) < 4.78 is 5.17. The van der Waals surface area contributed by atoms with Crippen LogP contribution in [-0.2, 0) is 9.53 Å². The van der Waals surface area contributed by atoms with Crippen LogP contribution < -0.4 is 0 Å². The molecule has 0 amide bonds. The van der Waals surface area contributed by atoms with Crippen LogP contribution in [0.25, 0.3) is 0 Å². The van der Waals surface area contributed by atoms with Crippen molar-refractivity contribution in [3.63, 3.8) is 0 Å². The Labute approximate surface area is 60.9 Å². The van der Waals surface area contributed by atoms with Gasteiger partial charge in [-0.3, -0.25) is 4.79 Å². The highest BCUT2D eigenvalue weighted by Crippen LogP contribution is 2.15. The van der Waals surface area contributed by atoms with Gasteiger partial charge >= 0.3 is 0 Å². The molecule has 1 fully saturated rings. The highest BCUT2D eigenvalue weighted by molar-refractivity contribution is 5.89. The molecule has 1 heterocycles. The molecule has 0 bridgehead atoms. The van der Waals surface area contributed by atoms with Crippen molar-refractivity contribution in [3.8, 4) is 0 Å². The summed E-state index contributed by atoms with van der Waals surface area (Å²) in [5, 5.41) is 0. The third-order valence-corrected chi connectivity index (χ3v) is 1.53. The lowest BCUT2D eigenvalue weighted by Crippen LogP contribution is -1.91. The lowest BCUT2D eigenvalue weighted by Gasteiger charge is -1.94. The summed E-state index contributed by atoms with van der Waals surface area (Å²) in [7, 11) is 0. The van der Waals surface area contributed by atoms with E-state index in [0.29, 0.717) is 6.42 Å². The number of ether oxygens (including phenoxy) is 1. The fraction of sp³-hybridized carbons (Fsp3) is 0.625. The highest BCUT2D eigenvalue weighted by atomic mass is 16.5. The van der Waals surface area contributed by atoms with Crippen molar-refractivity contribution < 1.29 is 9.53 Å². The number of carbonyl (C=O) groups excluding carboxylic acids is 1. The predicted octanol–water partition coefficient (Wildman–Crippen LogP) is 1.66. The Morgan fingerprint density at radius 2 is 2.60 bits per heavy atom. The van der Waals surface area contributed by atoms with Crippen molar-refractivity contribution in [1.82, 2.24) is 0 Å². The van der Waals surface area contributed by atoms with Crippen LogP contribution in [0.2, 0.25) is 0 Å². The summed E-state index contributed by atoms with van der Waals surface area (Å²) >= 11 is 0. The zero-order valence-corrected chi connectivity index (χ0v) is 6.22. The van der Waals surface area contributed by atoms with E-state index in [-0.39, 0.29) is 5.78 Å². The largest absolute Gasteiger partial charge is 0.498 e. The van der Waals surface area contributed by atoms with E-state index in [2.05, 4.69) is 0 Å². The first-order valence-corrected chi connectivity index (χ1v) is 3.69. The fourth-order valence-corrected chi connectivity index (χ4v) is 0.917. The van der Waals surface area contributed by atoms with Crippen LogP contribution in [0.15, 0.2) is 11.8 Å². The predicted molar refractivity (Wildman–Crippen MR) is 38.6 cm³/mol. The number of allylic oxidation sites excluding steroid dienone is 2. The summed E-state index contributed by atoms with van der Waals surface area (Å²) in [4.78, 5) is 10.8. The molecule has 0 aromatic carbocycles. The van der Waals surface area contributed by atoms with Gasteiger partial charge in [0.25, 0.3) is 0 Å². The molecule has 0 N–H and O–H groups in total. The van der Waals surface area contributed by atoms with Crippen LogP contribution in [-0.4, -0.2) is 12.4 Å². The van der Waals surface area contributed by atoms with E-state index in [1.165, 1.54) is 0 Å². The molecule has 1 aliphatic heterocycles. The SMILES string of the molecule is CCC(=O)/C=C1/CCCO1. The van der Waals surface area contributed by atoms with Crippen molar-refractivity contribution >= 4 is 5.78 Å². The quantitative estimate of drug-likeness (QED) is 0.545. The van der Waals surface area contributed by atoms with Crippen LogP contribution in [0.5, 0.6) is 0 Å². The first kappa shape index (κ1) is 7.32. The normalized spacial score (nSPS) is 21.1. The second-order valence-corrected chi connectivity index (χ2v) is 2.38. The molecule has 0 saturated carbocycles. The Morgan fingerprint density at radius 3 is 3.10 bits per heavy atom. The molecule has 0 aromatic rings. The zero-order valence-electron chi connectivity index (χ0n) is 6.22. The highest BCUT2D eigenvalue weighted by Gasteiger charge is 2.07. The van der Waals surface area contributed by atoms with Gasteiger partial charge in [0.05, 0.1) is 12.4 Å². The third-order valence-electron chi connectivity index (χ3n) is 1.53. The minimum absolute atomic E-state index is 0.164. The first-order chi connectivity index (χ1) is 4.83. The Balaban J connectivity index is 2.45. The van der Waals surface area contributed by atoms with Gasteiger partial charge in [-0.05, 0) is 6.42 Å². The van der Waals surface area contributed by atoms with E-state index >= 15 is 0 Å². The molecule has 1 saturated heterocycles. The summed E-state index contributed by atoms with van der Waals surface area (Å²) in [6.45, 7) is 2.64. The molecule has 0 unspecified atom stereocenters. The van der Waals surface area contributed by atoms with Crippen molar-refractivity contribution in [1.29, 1.82) is 0 Å². The summed E-state index contributed by atoms with van der Waals surface area (Å²) in [5.41, 5.74) is 0. The molecular formula is C8H12O2. The zero-order chi connectivity index (χ0) is 7.40. The van der Waals surface area contributed by atoms with Crippen LogP contribution in [0, 0.1) is 0 Å². The van der Waals surface area contributed by atoms with Crippen molar-refractivity contribution in [2.24, 2.45) is 0 Å². The summed E-state index contributed by atoms with van der Waals surface area (Å²) in [5.74, 6) is 1.03. The second kappa shape index (κ2) is 3.40. The first-order valence-electron chi connectivity index (χ1n) is 3.69. The van der Waals surface area contributed by atoms with E-state index in [1.54, 1.807) is 6.08 Å². The lowest BCUT2D eigenvalue weighted by atomic mass is 10.2. The fourth-order valence-electron chi connectivity index (χ4n) is 0.917. The molecule has 0 radical (unpaired) electrons. The van der Waals surface area contributed by atoms with Crippen molar-refractivity contribution in [2.45, 2.75) is 26.2 Å². The Morgan fingerprint density at radius 1 is 1.80 bits per heavy atom. The molecule has 1 aliphatic rings. The maximum atomic E-state index is 10.8. The molecule has 2 heteroatoms. The van der Waals surface area contributed by atoms with Gasteiger partial charge < -0.3 is 4.74 Å². The maximum absolute atomic E-state index is 10.8. The molecule has 0 aromatic heterocycles. The Bertz CT molecular complexity index is 151. The van der Waals surface area contributed by atoms with Gasteiger partial charge in [0.15, 0.2) is 5.78 Å². The van der Waals surface area contributed by atoms with E-state index in [9.17, 15) is 4.79 Å². The van der Waals surface area contributed by atoms with Crippen LogP contribution >= 0.6 is 0 Å². The minimum Gasteiger partial charge on any atom is -0.498 e. The average molecular weight is 140 g/mol. The second-order valence-electron chi connectivity index (χ2n) is 2.38. The molecule has 2 nitrogen and oxygen atoms in total. The molecule has 0 aliphatic carbocycles. The third kappa shape index (κ3) is 1.87. The van der Waals surface area contributed by atoms with Crippen molar-refractivity contribution in [2.75, 3.05) is 6.61 Å². The smallest absolute Gasteiger partial charge is 0.158 e. The molecule has 56 valence electrons. The number of carbonyl (C=O) groups is 1. The molecule has 10 heavy (non-hydrogen) atoms. The molecule has 1 rings (SSSR count). The van der Waals surface area contributed by atoms with Gasteiger partial charge in [0.2, 0.25) is 0 Å². The molecule has 0 spiro atoms. The van der Waals surface area contributed by atoms with Gasteiger partial charge in [-0.2, -0.15) is 0 Å². The standard InChI is InChI=1S/C8H12O2/c1-2-7(9)6-8-4-3-5-10-8/h6H,2-5H2,1H3/b8-6-. The van der Waals surface area contributed by atoms with Crippen molar-refractivity contribution in [3.05, 3.63) is 11.8 Å². The van der Waals surface area contributed by atoms with Gasteiger partial charge in [-0.1, -0.05) is 6.92 Å². The summed E-state index contributed by atoms with van der Waals surface area (Å²) in [6.07, 6.45) is 4.19. The number of ketones is 1. The van der Waals surface area contributed by atoms with Crippen LogP contribution in [0.4, 0.5) is 0 Å². The van der Waals surface area contributed by atoms with Gasteiger partial charge in [0, 0.05) is 18.9 Å². The van der Waals surface area contributed by atoms with Gasteiger partial charge in [0.1, 0.15) is 0 Å². The molecule has 0 atom stereocenters. The summed E-state index contributed by atoms with van der Waals surface area (Å²) in [6, 6.07) is 0. The average Bonchev–Trinajstić information content (AvgIpc) is 2.40.